The quantitative estimate of drug-likeness (QED) is 0.408. The zero-order valence-electron chi connectivity index (χ0n) is 14.3. The summed E-state index contributed by atoms with van der Waals surface area (Å²) in [6.45, 7) is 0. The fourth-order valence-electron chi connectivity index (χ4n) is 2.23. The summed E-state index contributed by atoms with van der Waals surface area (Å²) in [6.07, 6.45) is 0. The summed E-state index contributed by atoms with van der Waals surface area (Å²) in [5, 5.41) is 67.2. The van der Waals surface area contributed by atoms with E-state index < -0.39 is 73.5 Å². The molecule has 0 amide bonds. The molecule has 0 N–H and O–H groups in total. The fraction of sp³-hybridized carbons (Fsp3) is 0. The molecule has 0 saturated heterocycles. The van der Waals surface area contributed by atoms with Crippen LogP contribution in [0.25, 0.3) is 0 Å². The van der Waals surface area contributed by atoms with Gasteiger partial charge < -0.3 is 0 Å². The first-order chi connectivity index (χ1) is 14.3. The molecule has 0 aromatic heterocycles. The van der Waals surface area contributed by atoms with Crippen LogP contribution < -0.4 is 0 Å². The van der Waals surface area contributed by atoms with Gasteiger partial charge in [-0.3, -0.25) is 60.7 Å². The Bertz CT molecular complexity index is 1040. The molecule has 0 aliphatic heterocycles. The molecule has 0 aliphatic rings. The summed E-state index contributed by atoms with van der Waals surface area (Å²) >= 11 is -0.164. The lowest BCUT2D eigenvalue weighted by Crippen LogP contribution is -2.02. The fourth-order valence-corrected chi connectivity index (χ4v) is 3.39. The molecular formula is C12H4N6O12S. The van der Waals surface area contributed by atoms with Gasteiger partial charge in [0.1, 0.15) is 0 Å². The zero-order valence-corrected chi connectivity index (χ0v) is 15.1. The second kappa shape index (κ2) is 8.28. The molecule has 18 nitrogen and oxygen atoms in total. The predicted molar refractivity (Wildman–Crippen MR) is 96.9 cm³/mol. The standard InChI is InChI=1S/C12H4N6O12S/c19-13(20)5-1-7(15(23)24)11(8(2-5)16(25)26)31-12-9(17(27)28)3-6(14(21)22)4-10(12)18(29)30/h1-4H. The minimum absolute atomic E-state index is 0.164. The molecule has 0 fully saturated rings. The van der Waals surface area contributed by atoms with Gasteiger partial charge in [0.2, 0.25) is 0 Å². The number of non-ortho nitro benzene ring substituents is 2. The summed E-state index contributed by atoms with van der Waals surface area (Å²) in [7, 11) is 0. The van der Waals surface area contributed by atoms with Gasteiger partial charge in [0.25, 0.3) is 34.1 Å². The summed E-state index contributed by atoms with van der Waals surface area (Å²) in [6, 6.07) is 1.33. The smallest absolute Gasteiger partial charge is 0.258 e. The van der Waals surface area contributed by atoms with Crippen molar-refractivity contribution in [3.05, 3.63) is 85.0 Å². The molecule has 160 valence electrons. The minimum atomic E-state index is -1.26. The van der Waals surface area contributed by atoms with Crippen molar-refractivity contribution in [2.24, 2.45) is 0 Å². The Hall–Kier alpha value is -4.81. The van der Waals surface area contributed by atoms with Crippen molar-refractivity contribution in [3.8, 4) is 0 Å². The normalized spacial score (nSPS) is 10.3. The number of nitro benzene ring substituents is 6. The Morgan fingerprint density at radius 2 is 0.677 bits per heavy atom. The third-order valence-corrected chi connectivity index (χ3v) is 4.73. The molecule has 0 unspecified atom stereocenters. The third kappa shape index (κ3) is 4.45. The number of hydrogen-bond donors (Lipinski definition) is 0. The van der Waals surface area contributed by atoms with E-state index in [4.69, 9.17) is 0 Å². The first-order valence-corrected chi connectivity index (χ1v) is 8.07. The summed E-state index contributed by atoms with van der Waals surface area (Å²) < 4.78 is 0. The van der Waals surface area contributed by atoms with Gasteiger partial charge in [-0.2, -0.15) is 0 Å². The molecule has 0 atom stereocenters. The van der Waals surface area contributed by atoms with Crippen molar-refractivity contribution in [1.82, 2.24) is 0 Å². The topological polar surface area (TPSA) is 259 Å². The number of rotatable bonds is 8. The van der Waals surface area contributed by atoms with E-state index in [2.05, 4.69) is 0 Å². The molecule has 0 bridgehead atoms. The second-order valence-corrected chi connectivity index (χ2v) is 6.29. The van der Waals surface area contributed by atoms with E-state index in [0.29, 0.717) is 24.3 Å². The van der Waals surface area contributed by atoms with Gasteiger partial charge >= 0.3 is 0 Å². The van der Waals surface area contributed by atoms with Crippen LogP contribution in [0, 0.1) is 60.7 Å². The molecular weight excluding hydrogens is 452 g/mol. The SMILES string of the molecule is O=[N+]([O-])c1cc([N+](=O)[O-])c(Sc2c([N+](=O)[O-])cc([N+](=O)[O-])cc2[N+](=O)[O-])c([N+](=O)[O-])c1. The van der Waals surface area contributed by atoms with Gasteiger partial charge in [-0.25, -0.2) is 0 Å². The maximum absolute atomic E-state index is 11.3. The van der Waals surface area contributed by atoms with Crippen LogP contribution in [0.1, 0.15) is 0 Å². The van der Waals surface area contributed by atoms with Crippen LogP contribution in [0.4, 0.5) is 34.1 Å². The Balaban J connectivity index is 2.93. The maximum Gasteiger partial charge on any atom is 0.297 e. The van der Waals surface area contributed by atoms with Crippen molar-refractivity contribution >= 4 is 45.9 Å². The van der Waals surface area contributed by atoms with Crippen molar-refractivity contribution in [3.63, 3.8) is 0 Å². The summed E-state index contributed by atoms with van der Waals surface area (Å²) in [4.78, 5) is 57.8. The largest absolute Gasteiger partial charge is 0.297 e. The number of nitro groups is 6. The Labute approximate surface area is 171 Å². The molecule has 2 aromatic carbocycles. The molecule has 0 heterocycles. The van der Waals surface area contributed by atoms with Crippen LogP contribution in [0.5, 0.6) is 0 Å². The third-order valence-electron chi connectivity index (χ3n) is 3.48. The highest BCUT2D eigenvalue weighted by atomic mass is 32.2. The van der Waals surface area contributed by atoms with Crippen molar-refractivity contribution in [2.75, 3.05) is 0 Å². The lowest BCUT2D eigenvalue weighted by atomic mass is 10.2. The Morgan fingerprint density at radius 1 is 0.452 bits per heavy atom. The first-order valence-electron chi connectivity index (χ1n) is 7.25. The average Bonchev–Trinajstić information content (AvgIpc) is 2.66. The molecule has 0 saturated carbocycles. The van der Waals surface area contributed by atoms with E-state index in [1.807, 2.05) is 0 Å². The molecule has 2 aromatic rings. The average molecular weight is 456 g/mol. The minimum Gasteiger partial charge on any atom is -0.258 e. The Morgan fingerprint density at radius 3 is 0.839 bits per heavy atom. The maximum atomic E-state index is 11.3. The van der Waals surface area contributed by atoms with Crippen LogP contribution in [-0.4, -0.2) is 29.5 Å². The van der Waals surface area contributed by atoms with Gasteiger partial charge in [0.05, 0.1) is 53.8 Å². The van der Waals surface area contributed by atoms with E-state index in [1.165, 1.54) is 0 Å². The highest BCUT2D eigenvalue weighted by molar-refractivity contribution is 8.00. The van der Waals surface area contributed by atoms with Gasteiger partial charge in [0.15, 0.2) is 9.79 Å². The molecule has 0 aliphatic carbocycles. The lowest BCUT2D eigenvalue weighted by molar-refractivity contribution is -0.407. The van der Waals surface area contributed by atoms with Crippen molar-refractivity contribution in [1.29, 1.82) is 0 Å². The van der Waals surface area contributed by atoms with Crippen LogP contribution in [0.15, 0.2) is 34.1 Å². The van der Waals surface area contributed by atoms with Gasteiger partial charge in [-0.1, -0.05) is 11.8 Å². The zero-order chi connectivity index (χ0) is 23.6. The predicted octanol–water partition coefficient (Wildman–Crippen LogP) is 3.29. The number of hydrogen-bond acceptors (Lipinski definition) is 13. The molecule has 19 heteroatoms. The molecule has 2 rings (SSSR count). The lowest BCUT2D eigenvalue weighted by Gasteiger charge is -2.06. The second-order valence-electron chi connectivity index (χ2n) is 5.27. The molecule has 31 heavy (non-hydrogen) atoms. The Kier molecular flexibility index (Phi) is 6.00. The first kappa shape index (κ1) is 22.5. The highest BCUT2D eigenvalue weighted by Gasteiger charge is 2.37. The molecule has 0 spiro atoms. The van der Waals surface area contributed by atoms with Crippen molar-refractivity contribution in [2.45, 2.75) is 9.79 Å². The number of benzene rings is 2. The van der Waals surface area contributed by atoms with Crippen LogP contribution in [-0.2, 0) is 0 Å². The highest BCUT2D eigenvalue weighted by Crippen LogP contribution is 2.50. The van der Waals surface area contributed by atoms with Gasteiger partial charge in [0, 0.05) is 0 Å². The number of nitrogens with zero attached hydrogens (tertiary/aromatic N) is 6. The monoisotopic (exact) mass is 456 g/mol. The van der Waals surface area contributed by atoms with Crippen LogP contribution in [0.2, 0.25) is 0 Å². The van der Waals surface area contributed by atoms with E-state index in [-0.39, 0.29) is 11.8 Å². The van der Waals surface area contributed by atoms with Gasteiger partial charge in [-0.05, 0) is 0 Å². The van der Waals surface area contributed by atoms with Crippen LogP contribution >= 0.6 is 11.8 Å². The summed E-state index contributed by atoms with van der Waals surface area (Å²) in [5.74, 6) is 0. The van der Waals surface area contributed by atoms with E-state index >= 15 is 0 Å². The van der Waals surface area contributed by atoms with E-state index in [0.717, 1.165) is 0 Å². The van der Waals surface area contributed by atoms with Gasteiger partial charge in [-0.15, -0.1) is 0 Å². The van der Waals surface area contributed by atoms with Crippen molar-refractivity contribution < 1.29 is 29.5 Å². The summed E-state index contributed by atoms with van der Waals surface area (Å²) in [5.41, 5.74) is -7.01. The van der Waals surface area contributed by atoms with E-state index in [9.17, 15) is 60.7 Å². The van der Waals surface area contributed by atoms with Crippen LogP contribution in [0.3, 0.4) is 0 Å². The molecule has 0 radical (unpaired) electrons. The van der Waals surface area contributed by atoms with E-state index in [1.54, 1.807) is 0 Å².